The first kappa shape index (κ1) is 25.2. The second-order valence-corrected chi connectivity index (χ2v) is 9.21. The van der Waals surface area contributed by atoms with Crippen molar-refractivity contribution in [3.05, 3.63) is 23.8 Å². The van der Waals surface area contributed by atoms with Gasteiger partial charge in [0.1, 0.15) is 0 Å². The summed E-state index contributed by atoms with van der Waals surface area (Å²) in [4.78, 5) is 35.4. The molecule has 0 aliphatic heterocycles. The molecule has 0 aliphatic carbocycles. The highest BCUT2D eigenvalue weighted by Gasteiger charge is 2.43. The fourth-order valence-electron chi connectivity index (χ4n) is 2.18. The highest BCUT2D eigenvalue weighted by atomic mass is 32.2. The predicted octanol–water partition coefficient (Wildman–Crippen LogP) is 1.46. The molecule has 1 rings (SSSR count). The Balaban J connectivity index is 3.44. The van der Waals surface area contributed by atoms with E-state index in [-0.39, 0.29) is 16.1 Å². The van der Waals surface area contributed by atoms with Gasteiger partial charge in [0.25, 0.3) is 5.91 Å². The summed E-state index contributed by atoms with van der Waals surface area (Å²) in [5.74, 6) is -4.04. The number of anilines is 1. The number of nitrogens with one attached hydrogen (secondary N) is 1. The number of nitrogens with zero attached hydrogens (tertiary/aromatic N) is 1. The van der Waals surface area contributed by atoms with Gasteiger partial charge >= 0.3 is 18.2 Å². The second-order valence-electron chi connectivity index (χ2n) is 6.74. The number of urea groups is 1. The average molecular weight is 453 g/mol. The average Bonchev–Trinajstić information content (AvgIpc) is 2.59. The lowest BCUT2D eigenvalue weighted by atomic mass is 10.1. The second kappa shape index (κ2) is 9.32. The van der Waals surface area contributed by atoms with Gasteiger partial charge in [-0.2, -0.15) is 13.2 Å². The standard InChI is InChI=1S/C17H22F3N3O6S/c1-9(2)30(27,28)13-6-5-11(22-16(26)23(3)4)7-10(13)8-12(14(21)24)29-15(25)17(18,19)20/h5-7,9,12H,8H2,1-4H3,(H2,21,24)(H,22,26). The molecule has 0 aliphatic rings. The lowest BCUT2D eigenvalue weighted by molar-refractivity contribution is -0.205. The first-order valence-electron chi connectivity index (χ1n) is 8.49. The van der Waals surface area contributed by atoms with Gasteiger partial charge in [-0.05, 0) is 37.6 Å². The summed E-state index contributed by atoms with van der Waals surface area (Å²) in [5.41, 5.74) is 5.00. The highest BCUT2D eigenvalue weighted by molar-refractivity contribution is 7.92. The molecule has 0 fully saturated rings. The number of esters is 1. The van der Waals surface area contributed by atoms with E-state index in [1.54, 1.807) is 0 Å². The molecule has 168 valence electrons. The summed E-state index contributed by atoms with van der Waals surface area (Å²) >= 11 is 0. The van der Waals surface area contributed by atoms with Gasteiger partial charge in [-0.1, -0.05) is 0 Å². The zero-order valence-electron chi connectivity index (χ0n) is 16.6. The molecule has 0 heterocycles. The summed E-state index contributed by atoms with van der Waals surface area (Å²) in [6.45, 7) is 2.77. The Hall–Kier alpha value is -2.83. The number of ether oxygens (including phenoxy) is 1. The normalized spacial score (nSPS) is 12.9. The van der Waals surface area contributed by atoms with Gasteiger partial charge in [0, 0.05) is 26.2 Å². The zero-order valence-corrected chi connectivity index (χ0v) is 17.4. The van der Waals surface area contributed by atoms with Crippen LogP contribution in [-0.4, -0.2) is 62.9 Å². The van der Waals surface area contributed by atoms with Gasteiger partial charge in [-0.15, -0.1) is 0 Å². The minimum Gasteiger partial charge on any atom is -0.445 e. The lowest BCUT2D eigenvalue weighted by Crippen LogP contribution is -2.39. The van der Waals surface area contributed by atoms with Crippen LogP contribution < -0.4 is 11.1 Å². The van der Waals surface area contributed by atoms with Crippen molar-refractivity contribution in [2.24, 2.45) is 5.73 Å². The summed E-state index contributed by atoms with van der Waals surface area (Å²) in [6, 6.07) is 3.02. The largest absolute Gasteiger partial charge is 0.490 e. The molecule has 30 heavy (non-hydrogen) atoms. The quantitative estimate of drug-likeness (QED) is 0.600. The maximum atomic E-state index is 12.6. The summed E-state index contributed by atoms with van der Waals surface area (Å²) in [7, 11) is -1.03. The maximum absolute atomic E-state index is 12.6. The molecular weight excluding hydrogens is 431 g/mol. The number of benzene rings is 1. The molecule has 0 radical (unpaired) electrons. The van der Waals surface area contributed by atoms with Gasteiger partial charge in [0.2, 0.25) is 0 Å². The van der Waals surface area contributed by atoms with Gasteiger partial charge in [-0.25, -0.2) is 18.0 Å². The van der Waals surface area contributed by atoms with Crippen LogP contribution in [0.4, 0.5) is 23.7 Å². The SMILES string of the molecule is CC(C)S(=O)(=O)c1ccc(NC(=O)N(C)C)cc1CC(OC(=O)C(F)(F)F)C(N)=O. The van der Waals surface area contributed by atoms with Crippen LogP contribution in [0.3, 0.4) is 0 Å². The van der Waals surface area contributed by atoms with Crippen molar-refractivity contribution in [3.63, 3.8) is 0 Å². The Morgan fingerprint density at radius 3 is 2.20 bits per heavy atom. The van der Waals surface area contributed by atoms with Crippen LogP contribution in [0.5, 0.6) is 0 Å². The Bertz CT molecular complexity index is 929. The van der Waals surface area contributed by atoms with Crippen molar-refractivity contribution >= 4 is 33.4 Å². The Morgan fingerprint density at radius 2 is 1.77 bits per heavy atom. The van der Waals surface area contributed by atoms with Crippen molar-refractivity contribution in [1.82, 2.24) is 4.90 Å². The van der Waals surface area contributed by atoms with Crippen molar-refractivity contribution in [2.75, 3.05) is 19.4 Å². The van der Waals surface area contributed by atoms with E-state index in [0.717, 1.165) is 12.1 Å². The van der Waals surface area contributed by atoms with E-state index in [4.69, 9.17) is 5.73 Å². The molecule has 0 saturated heterocycles. The third kappa shape index (κ3) is 6.34. The minimum absolute atomic E-state index is 0.108. The van der Waals surface area contributed by atoms with Crippen LogP contribution in [0.2, 0.25) is 0 Å². The number of hydrogen-bond donors (Lipinski definition) is 2. The van der Waals surface area contributed by atoms with E-state index in [0.29, 0.717) is 0 Å². The maximum Gasteiger partial charge on any atom is 0.490 e. The molecule has 0 spiro atoms. The number of hydrogen-bond acceptors (Lipinski definition) is 6. The molecule has 1 aromatic carbocycles. The Morgan fingerprint density at radius 1 is 1.20 bits per heavy atom. The van der Waals surface area contributed by atoms with E-state index >= 15 is 0 Å². The number of carbonyl (C=O) groups excluding carboxylic acids is 3. The van der Waals surface area contributed by atoms with E-state index < -0.39 is 51.7 Å². The molecule has 3 N–H and O–H groups in total. The molecule has 1 aromatic rings. The summed E-state index contributed by atoms with van der Waals surface area (Å²) in [5, 5.41) is 1.55. The Kier molecular flexibility index (Phi) is 7.83. The smallest absolute Gasteiger partial charge is 0.445 e. The van der Waals surface area contributed by atoms with Crippen molar-refractivity contribution in [2.45, 2.75) is 42.7 Å². The summed E-state index contributed by atoms with van der Waals surface area (Å²) < 4.78 is 66.9. The number of amides is 3. The summed E-state index contributed by atoms with van der Waals surface area (Å²) in [6.07, 6.45) is -8.20. The molecule has 0 aromatic heterocycles. The highest BCUT2D eigenvalue weighted by Crippen LogP contribution is 2.27. The molecule has 1 atom stereocenters. The first-order valence-corrected chi connectivity index (χ1v) is 10.0. The number of nitrogens with two attached hydrogens (primary N) is 1. The van der Waals surface area contributed by atoms with Crippen LogP contribution in [-0.2, 0) is 30.6 Å². The van der Waals surface area contributed by atoms with Crippen molar-refractivity contribution < 1.29 is 40.7 Å². The van der Waals surface area contributed by atoms with E-state index in [2.05, 4.69) is 10.1 Å². The number of carbonyl (C=O) groups is 3. The van der Waals surface area contributed by atoms with Crippen LogP contribution in [0.15, 0.2) is 23.1 Å². The number of sulfone groups is 1. The van der Waals surface area contributed by atoms with Gasteiger partial charge in [0.05, 0.1) is 10.1 Å². The monoisotopic (exact) mass is 453 g/mol. The van der Waals surface area contributed by atoms with E-state index in [1.165, 1.54) is 38.9 Å². The van der Waals surface area contributed by atoms with Gasteiger partial charge in [-0.3, -0.25) is 4.79 Å². The lowest BCUT2D eigenvalue weighted by Gasteiger charge is -2.20. The van der Waals surface area contributed by atoms with E-state index in [9.17, 15) is 36.0 Å². The number of rotatable bonds is 7. The number of primary amides is 1. The minimum atomic E-state index is -5.37. The number of alkyl halides is 3. The number of halogens is 3. The first-order chi connectivity index (χ1) is 13.6. The van der Waals surface area contributed by atoms with Crippen LogP contribution in [0.25, 0.3) is 0 Å². The predicted molar refractivity (Wildman–Crippen MR) is 100 cm³/mol. The third-order valence-electron chi connectivity index (χ3n) is 3.85. The molecule has 3 amide bonds. The third-order valence-corrected chi connectivity index (χ3v) is 6.10. The fourth-order valence-corrected chi connectivity index (χ4v) is 3.45. The molecule has 13 heteroatoms. The molecule has 1 unspecified atom stereocenters. The van der Waals surface area contributed by atoms with Crippen molar-refractivity contribution in [3.8, 4) is 0 Å². The van der Waals surface area contributed by atoms with Crippen LogP contribution >= 0.6 is 0 Å². The van der Waals surface area contributed by atoms with Crippen LogP contribution in [0, 0.1) is 0 Å². The molecular formula is C17H22F3N3O6S. The zero-order chi connectivity index (χ0) is 23.4. The van der Waals surface area contributed by atoms with Crippen molar-refractivity contribution in [1.29, 1.82) is 0 Å². The van der Waals surface area contributed by atoms with Gasteiger partial charge in [0.15, 0.2) is 15.9 Å². The molecule has 0 saturated carbocycles. The van der Waals surface area contributed by atoms with Crippen LogP contribution in [0.1, 0.15) is 19.4 Å². The van der Waals surface area contributed by atoms with E-state index in [1.807, 2.05) is 0 Å². The fraction of sp³-hybridized carbons (Fsp3) is 0.471. The molecule has 0 bridgehead atoms. The Labute approximate surface area is 171 Å². The molecule has 9 nitrogen and oxygen atoms in total. The van der Waals surface area contributed by atoms with Gasteiger partial charge < -0.3 is 20.7 Å². The topological polar surface area (TPSA) is 136 Å².